The molecular weight excluding hydrogens is 349 g/mol. The summed E-state index contributed by atoms with van der Waals surface area (Å²) in [5, 5.41) is 14.9. The summed E-state index contributed by atoms with van der Waals surface area (Å²) in [6, 6.07) is 6.71. The third kappa shape index (κ3) is 3.35. The van der Waals surface area contributed by atoms with Crippen molar-refractivity contribution in [2.75, 3.05) is 13.1 Å². The van der Waals surface area contributed by atoms with Gasteiger partial charge in [0, 0.05) is 42.6 Å². The third-order valence-electron chi connectivity index (χ3n) is 5.33. The summed E-state index contributed by atoms with van der Waals surface area (Å²) in [5.74, 6) is 0.239. The number of aromatic amines is 1. The molecule has 2 N–H and O–H groups in total. The minimum absolute atomic E-state index is 0.0708. The molecular formula is C20H22FN3O3. The molecule has 0 bridgehead atoms. The predicted molar refractivity (Wildman–Crippen MR) is 97.7 cm³/mol. The molecule has 27 heavy (non-hydrogen) atoms. The lowest BCUT2D eigenvalue weighted by Crippen LogP contribution is -2.31. The van der Waals surface area contributed by atoms with E-state index in [0.717, 1.165) is 22.3 Å². The van der Waals surface area contributed by atoms with Crippen LogP contribution in [0, 0.1) is 25.6 Å². The first-order chi connectivity index (χ1) is 12.9. The Morgan fingerprint density at radius 2 is 2.22 bits per heavy atom. The molecule has 1 aliphatic rings. The van der Waals surface area contributed by atoms with Crippen LogP contribution in [0.25, 0.3) is 10.9 Å². The van der Waals surface area contributed by atoms with Gasteiger partial charge >= 0.3 is 0 Å². The van der Waals surface area contributed by atoms with Crippen molar-refractivity contribution in [1.29, 1.82) is 0 Å². The zero-order chi connectivity index (χ0) is 19.1. The number of carbonyl (C=O) groups excluding carboxylic acids is 1. The van der Waals surface area contributed by atoms with E-state index in [2.05, 4.69) is 10.1 Å². The lowest BCUT2D eigenvalue weighted by Gasteiger charge is -2.16. The van der Waals surface area contributed by atoms with Crippen LogP contribution >= 0.6 is 0 Å². The number of nitrogens with zero attached hydrogens (tertiary/aromatic N) is 2. The molecule has 0 unspecified atom stereocenters. The first kappa shape index (κ1) is 17.7. The predicted octanol–water partition coefficient (Wildman–Crippen LogP) is 2.52. The number of rotatable bonds is 4. The molecule has 6 nitrogen and oxygen atoms in total. The number of fused-ring (bicyclic) bond motifs is 1. The van der Waals surface area contributed by atoms with Crippen LogP contribution in [0.1, 0.15) is 22.7 Å². The lowest BCUT2D eigenvalue weighted by molar-refractivity contribution is -0.129. The number of nitrogens with one attached hydrogen (secondary N) is 1. The Morgan fingerprint density at radius 3 is 2.96 bits per heavy atom. The number of para-hydroxylation sites is 1. The van der Waals surface area contributed by atoms with Gasteiger partial charge in [-0.25, -0.2) is 4.39 Å². The van der Waals surface area contributed by atoms with Crippen LogP contribution in [-0.2, 0) is 17.6 Å². The van der Waals surface area contributed by atoms with Crippen molar-refractivity contribution in [1.82, 2.24) is 15.0 Å². The molecule has 142 valence electrons. The van der Waals surface area contributed by atoms with Crippen LogP contribution in [-0.4, -0.2) is 45.2 Å². The average Bonchev–Trinajstić information content (AvgIpc) is 3.29. The Balaban J connectivity index is 1.48. The first-order valence-electron chi connectivity index (χ1n) is 9.06. The monoisotopic (exact) mass is 371 g/mol. The van der Waals surface area contributed by atoms with Gasteiger partial charge in [0.05, 0.1) is 23.7 Å². The fourth-order valence-electron chi connectivity index (χ4n) is 3.89. The molecule has 7 heteroatoms. The Kier molecular flexibility index (Phi) is 4.47. The number of likely N-dealkylation sites (tertiary alicyclic amines) is 1. The Bertz CT molecular complexity index is 994. The molecule has 0 spiro atoms. The number of aliphatic hydroxyl groups excluding tert-OH is 1. The van der Waals surface area contributed by atoms with E-state index in [4.69, 9.17) is 4.52 Å². The highest BCUT2D eigenvalue weighted by molar-refractivity contribution is 5.90. The van der Waals surface area contributed by atoms with E-state index in [-0.39, 0.29) is 24.1 Å². The van der Waals surface area contributed by atoms with Gasteiger partial charge in [-0.15, -0.1) is 0 Å². The third-order valence-corrected chi connectivity index (χ3v) is 5.33. The molecule has 1 aromatic carbocycles. The standard InChI is InChI=1S/C20H22FN3O3/c1-11-6-14(27-23-11)7-13-9-24(10-18(13)25)19(26)8-16-12(2)22-20-15(16)4-3-5-17(20)21/h3-6,13,18,22,25H,7-10H2,1-2H3/t13-,18+/m1/s1. The molecule has 1 amide bonds. The molecule has 3 aromatic rings. The first-order valence-corrected chi connectivity index (χ1v) is 9.06. The average molecular weight is 371 g/mol. The molecule has 1 aliphatic heterocycles. The maximum absolute atomic E-state index is 14.0. The van der Waals surface area contributed by atoms with Gasteiger partial charge < -0.3 is 19.5 Å². The molecule has 2 atom stereocenters. The van der Waals surface area contributed by atoms with Crippen LogP contribution in [0.3, 0.4) is 0 Å². The number of aryl methyl sites for hydroxylation is 2. The topological polar surface area (TPSA) is 82.4 Å². The number of aliphatic hydroxyl groups is 1. The van der Waals surface area contributed by atoms with Gasteiger partial charge in [0.15, 0.2) is 0 Å². The van der Waals surface area contributed by atoms with E-state index in [1.165, 1.54) is 6.07 Å². The zero-order valence-corrected chi connectivity index (χ0v) is 15.3. The van der Waals surface area contributed by atoms with Crippen LogP contribution < -0.4 is 0 Å². The summed E-state index contributed by atoms with van der Waals surface area (Å²) in [6.07, 6.45) is 0.125. The minimum atomic E-state index is -0.596. The van der Waals surface area contributed by atoms with Gasteiger partial charge in [-0.2, -0.15) is 0 Å². The molecule has 4 rings (SSSR count). The van der Waals surface area contributed by atoms with Gasteiger partial charge in [0.1, 0.15) is 11.6 Å². The van der Waals surface area contributed by atoms with E-state index in [1.807, 2.05) is 26.0 Å². The normalized spacial score (nSPS) is 19.9. The molecule has 2 aromatic heterocycles. The number of hydrogen-bond acceptors (Lipinski definition) is 4. The van der Waals surface area contributed by atoms with Gasteiger partial charge in [-0.05, 0) is 25.5 Å². The van der Waals surface area contributed by atoms with Crippen molar-refractivity contribution in [2.45, 2.75) is 32.8 Å². The summed E-state index contributed by atoms with van der Waals surface area (Å²) in [6.45, 7) is 4.46. The van der Waals surface area contributed by atoms with Crippen LogP contribution in [0.2, 0.25) is 0 Å². The maximum Gasteiger partial charge on any atom is 0.227 e. The molecule has 3 heterocycles. The smallest absolute Gasteiger partial charge is 0.227 e. The van der Waals surface area contributed by atoms with E-state index in [9.17, 15) is 14.3 Å². The van der Waals surface area contributed by atoms with Gasteiger partial charge in [0.25, 0.3) is 0 Å². The second-order valence-electron chi connectivity index (χ2n) is 7.33. The second kappa shape index (κ2) is 6.81. The summed E-state index contributed by atoms with van der Waals surface area (Å²) in [4.78, 5) is 17.5. The van der Waals surface area contributed by atoms with Gasteiger partial charge in [-0.1, -0.05) is 17.3 Å². The molecule has 0 saturated carbocycles. The Labute approximate surface area is 156 Å². The van der Waals surface area contributed by atoms with Crippen molar-refractivity contribution in [3.8, 4) is 0 Å². The van der Waals surface area contributed by atoms with Crippen LogP contribution in [0.15, 0.2) is 28.8 Å². The fourth-order valence-corrected chi connectivity index (χ4v) is 3.89. The van der Waals surface area contributed by atoms with E-state index in [1.54, 1.807) is 11.0 Å². The number of β-amino-alcohol motifs (C(OH)–C–C–N with tert-alkyl or cyclic N) is 1. The highest BCUT2D eigenvalue weighted by atomic mass is 19.1. The second-order valence-corrected chi connectivity index (χ2v) is 7.33. The van der Waals surface area contributed by atoms with Crippen LogP contribution in [0.5, 0.6) is 0 Å². The number of hydrogen-bond donors (Lipinski definition) is 2. The highest BCUT2D eigenvalue weighted by Gasteiger charge is 2.35. The molecule has 1 fully saturated rings. The van der Waals surface area contributed by atoms with Crippen LogP contribution in [0.4, 0.5) is 4.39 Å². The number of benzene rings is 1. The number of halogens is 1. The quantitative estimate of drug-likeness (QED) is 0.738. The summed E-state index contributed by atoms with van der Waals surface area (Å²) in [7, 11) is 0. The largest absolute Gasteiger partial charge is 0.391 e. The number of aromatic nitrogens is 2. The van der Waals surface area contributed by atoms with E-state index >= 15 is 0 Å². The minimum Gasteiger partial charge on any atom is -0.391 e. The number of amides is 1. The van der Waals surface area contributed by atoms with Crippen molar-refractivity contribution in [2.24, 2.45) is 5.92 Å². The summed E-state index contributed by atoms with van der Waals surface area (Å²) in [5.41, 5.74) is 2.82. The Morgan fingerprint density at radius 1 is 1.41 bits per heavy atom. The number of H-pyrrole nitrogens is 1. The van der Waals surface area contributed by atoms with Gasteiger partial charge in [0.2, 0.25) is 5.91 Å². The van der Waals surface area contributed by atoms with Crippen molar-refractivity contribution < 1.29 is 18.8 Å². The SMILES string of the molecule is Cc1cc(C[C@@H]2CN(C(=O)Cc3c(C)[nH]c4c(F)cccc34)C[C@@H]2O)on1. The zero-order valence-electron chi connectivity index (χ0n) is 15.3. The molecule has 0 aliphatic carbocycles. The van der Waals surface area contributed by atoms with Crippen molar-refractivity contribution >= 4 is 16.8 Å². The Hall–Kier alpha value is -2.67. The summed E-state index contributed by atoms with van der Waals surface area (Å²) >= 11 is 0. The maximum atomic E-state index is 14.0. The van der Waals surface area contributed by atoms with Crippen molar-refractivity contribution in [3.63, 3.8) is 0 Å². The van der Waals surface area contributed by atoms with E-state index < -0.39 is 6.10 Å². The lowest BCUT2D eigenvalue weighted by atomic mass is 10.0. The molecule has 1 saturated heterocycles. The fraction of sp³-hybridized carbons (Fsp3) is 0.400. The van der Waals surface area contributed by atoms with Crippen molar-refractivity contribution in [3.05, 3.63) is 52.8 Å². The van der Waals surface area contributed by atoms with Gasteiger partial charge in [-0.3, -0.25) is 4.79 Å². The van der Waals surface area contributed by atoms with E-state index in [0.29, 0.717) is 30.8 Å². The summed E-state index contributed by atoms with van der Waals surface area (Å²) < 4.78 is 19.2. The highest BCUT2D eigenvalue weighted by Crippen LogP contribution is 2.27. The molecule has 0 radical (unpaired) electrons. The number of carbonyl (C=O) groups is 1.